The maximum absolute atomic E-state index is 10.6. The summed E-state index contributed by atoms with van der Waals surface area (Å²) in [6.07, 6.45) is 6.12. The fourth-order valence-corrected chi connectivity index (χ4v) is 2.00. The van der Waals surface area contributed by atoms with Gasteiger partial charge in [0.15, 0.2) is 0 Å². The van der Waals surface area contributed by atoms with E-state index in [4.69, 9.17) is 0 Å². The van der Waals surface area contributed by atoms with Gasteiger partial charge in [0, 0.05) is 12.1 Å². The van der Waals surface area contributed by atoms with Crippen LogP contribution < -0.4 is 4.57 Å². The minimum atomic E-state index is -0.379. The Kier molecular flexibility index (Phi) is 3.94. The van der Waals surface area contributed by atoms with E-state index in [1.165, 1.54) is 0 Å². The first-order valence-corrected chi connectivity index (χ1v) is 6.33. The van der Waals surface area contributed by atoms with Crippen LogP contribution in [0.3, 0.4) is 0 Å². The number of non-ortho nitro benzene ring substituents is 1. The first-order valence-electron chi connectivity index (χ1n) is 6.33. The average molecular weight is 260 g/mol. The summed E-state index contributed by atoms with van der Waals surface area (Å²) in [5.74, 6) is 0.611. The Labute approximate surface area is 112 Å². The van der Waals surface area contributed by atoms with Gasteiger partial charge >= 0.3 is 0 Å². The molecule has 0 fully saturated rings. The number of hydrogen-bond donors (Lipinski definition) is 0. The zero-order valence-corrected chi connectivity index (χ0v) is 11.2. The summed E-state index contributed by atoms with van der Waals surface area (Å²) in [5.41, 5.74) is 1.18. The van der Waals surface area contributed by atoms with Gasteiger partial charge in [-0.25, -0.2) is 9.13 Å². The van der Waals surface area contributed by atoms with Crippen molar-refractivity contribution >= 4 is 5.69 Å². The van der Waals surface area contributed by atoms with E-state index in [1.54, 1.807) is 24.3 Å². The van der Waals surface area contributed by atoms with Gasteiger partial charge in [-0.2, -0.15) is 0 Å². The lowest BCUT2D eigenvalue weighted by atomic mass is 10.2. The smallest absolute Gasteiger partial charge is 0.258 e. The predicted molar refractivity (Wildman–Crippen MR) is 71.7 cm³/mol. The summed E-state index contributed by atoms with van der Waals surface area (Å²) in [6, 6.07) is 6.68. The molecule has 0 atom stereocenters. The molecule has 0 aliphatic rings. The van der Waals surface area contributed by atoms with Crippen LogP contribution in [-0.4, -0.2) is 9.49 Å². The van der Waals surface area contributed by atoms with Gasteiger partial charge in [0.1, 0.15) is 18.9 Å². The van der Waals surface area contributed by atoms with E-state index in [2.05, 4.69) is 29.3 Å². The molecule has 2 rings (SSSR count). The van der Waals surface area contributed by atoms with Gasteiger partial charge in [-0.3, -0.25) is 10.1 Å². The summed E-state index contributed by atoms with van der Waals surface area (Å²) >= 11 is 0. The number of hydrogen-bond acceptors (Lipinski definition) is 2. The third kappa shape index (κ3) is 3.64. The van der Waals surface area contributed by atoms with Crippen LogP contribution in [0.5, 0.6) is 0 Å². The predicted octanol–water partition coefficient (Wildman–Crippen LogP) is 2.39. The molecule has 1 aromatic heterocycles. The third-order valence-electron chi connectivity index (χ3n) is 2.83. The molecule has 0 saturated carbocycles. The Balaban J connectivity index is 2.04. The van der Waals surface area contributed by atoms with Crippen molar-refractivity contribution in [1.82, 2.24) is 4.57 Å². The second-order valence-corrected chi connectivity index (χ2v) is 5.10. The molecule has 0 radical (unpaired) electrons. The van der Waals surface area contributed by atoms with Gasteiger partial charge in [-0.15, -0.1) is 0 Å². The van der Waals surface area contributed by atoms with Gasteiger partial charge < -0.3 is 0 Å². The van der Waals surface area contributed by atoms with E-state index >= 15 is 0 Å². The minimum absolute atomic E-state index is 0.131. The molecule has 19 heavy (non-hydrogen) atoms. The first-order chi connectivity index (χ1) is 9.04. The highest BCUT2D eigenvalue weighted by Gasteiger charge is 2.08. The van der Waals surface area contributed by atoms with Crippen molar-refractivity contribution in [1.29, 1.82) is 0 Å². The molecule has 0 N–H and O–H groups in total. The fraction of sp³-hybridized carbons (Fsp3) is 0.357. The largest absolute Gasteiger partial charge is 0.269 e. The summed E-state index contributed by atoms with van der Waals surface area (Å²) in [4.78, 5) is 10.2. The lowest BCUT2D eigenvalue weighted by molar-refractivity contribution is -0.687. The van der Waals surface area contributed by atoms with Gasteiger partial charge in [0.2, 0.25) is 6.33 Å². The lowest BCUT2D eigenvalue weighted by Crippen LogP contribution is -2.31. The van der Waals surface area contributed by atoms with Crippen LogP contribution in [0.1, 0.15) is 19.4 Å². The van der Waals surface area contributed by atoms with E-state index in [0.717, 1.165) is 18.7 Å². The molecule has 0 saturated heterocycles. The van der Waals surface area contributed by atoms with Crippen LogP contribution in [0, 0.1) is 16.0 Å². The van der Waals surface area contributed by atoms with Gasteiger partial charge in [-0.1, -0.05) is 13.8 Å². The summed E-state index contributed by atoms with van der Waals surface area (Å²) < 4.78 is 4.22. The molecule has 1 heterocycles. The van der Waals surface area contributed by atoms with Crippen molar-refractivity contribution in [3.8, 4) is 0 Å². The lowest BCUT2D eigenvalue weighted by Gasteiger charge is -1.99. The van der Waals surface area contributed by atoms with Crippen molar-refractivity contribution in [3.05, 3.63) is 58.7 Å². The summed E-state index contributed by atoms with van der Waals surface area (Å²) in [6.45, 7) is 6.08. The Hall–Kier alpha value is -2.17. The van der Waals surface area contributed by atoms with E-state index in [1.807, 2.05) is 12.4 Å². The topological polar surface area (TPSA) is 52.0 Å². The van der Waals surface area contributed by atoms with Crippen LogP contribution in [0.2, 0.25) is 0 Å². The SMILES string of the molecule is CC(C)Cn1cc[n+](Cc2ccc([N+](=O)[O-])cc2)c1. The maximum atomic E-state index is 10.6. The van der Waals surface area contributed by atoms with Crippen LogP contribution in [-0.2, 0) is 13.1 Å². The van der Waals surface area contributed by atoms with Gasteiger partial charge in [-0.05, 0) is 23.6 Å². The Morgan fingerprint density at radius 2 is 2.00 bits per heavy atom. The number of nitro benzene ring substituents is 1. The molecule has 1 aromatic carbocycles. The highest BCUT2D eigenvalue weighted by molar-refractivity contribution is 5.32. The molecule has 0 unspecified atom stereocenters. The molecule has 0 aliphatic carbocycles. The first kappa shape index (κ1) is 13.3. The zero-order chi connectivity index (χ0) is 13.8. The standard InChI is InChI=1S/C14H18N3O2/c1-12(2)9-15-7-8-16(11-15)10-13-3-5-14(6-4-13)17(18)19/h3-8,11-12H,9-10H2,1-2H3/q+1. The average Bonchev–Trinajstić information content (AvgIpc) is 2.76. The Morgan fingerprint density at radius 1 is 1.32 bits per heavy atom. The van der Waals surface area contributed by atoms with E-state index in [0.29, 0.717) is 5.92 Å². The number of benzene rings is 1. The summed E-state index contributed by atoms with van der Waals surface area (Å²) in [7, 11) is 0. The highest BCUT2D eigenvalue weighted by Crippen LogP contribution is 2.11. The van der Waals surface area contributed by atoms with Crippen LogP contribution in [0.15, 0.2) is 43.0 Å². The molecule has 5 nitrogen and oxygen atoms in total. The Morgan fingerprint density at radius 3 is 2.58 bits per heavy atom. The normalized spacial score (nSPS) is 10.9. The Bertz CT molecular complexity index is 558. The second kappa shape index (κ2) is 5.65. The summed E-state index contributed by atoms with van der Waals surface area (Å²) in [5, 5.41) is 10.6. The number of nitrogens with zero attached hydrogens (tertiary/aromatic N) is 3. The molecule has 100 valence electrons. The minimum Gasteiger partial charge on any atom is -0.258 e. The second-order valence-electron chi connectivity index (χ2n) is 5.10. The van der Waals surface area contributed by atoms with Crippen LogP contribution in [0.4, 0.5) is 5.69 Å². The number of nitro groups is 1. The molecule has 0 spiro atoms. The molecular weight excluding hydrogens is 242 g/mol. The van der Waals surface area contributed by atoms with Crippen LogP contribution >= 0.6 is 0 Å². The van der Waals surface area contributed by atoms with Crippen molar-refractivity contribution < 1.29 is 9.49 Å². The van der Waals surface area contributed by atoms with Crippen molar-refractivity contribution in [2.75, 3.05) is 0 Å². The number of imidazole rings is 1. The maximum Gasteiger partial charge on any atom is 0.269 e. The molecule has 0 aliphatic heterocycles. The molecular formula is C14H18N3O2+. The third-order valence-corrected chi connectivity index (χ3v) is 2.83. The zero-order valence-electron chi connectivity index (χ0n) is 11.2. The molecule has 2 aromatic rings. The van der Waals surface area contributed by atoms with E-state index in [9.17, 15) is 10.1 Å². The van der Waals surface area contributed by atoms with E-state index in [-0.39, 0.29) is 10.6 Å². The van der Waals surface area contributed by atoms with Crippen molar-refractivity contribution in [2.24, 2.45) is 5.92 Å². The quantitative estimate of drug-likeness (QED) is 0.471. The molecule has 0 bridgehead atoms. The molecule has 0 amide bonds. The van der Waals surface area contributed by atoms with Gasteiger partial charge in [0.05, 0.1) is 11.5 Å². The highest BCUT2D eigenvalue weighted by atomic mass is 16.6. The van der Waals surface area contributed by atoms with Crippen molar-refractivity contribution in [2.45, 2.75) is 26.9 Å². The monoisotopic (exact) mass is 260 g/mol. The fourth-order valence-electron chi connectivity index (χ4n) is 2.00. The van der Waals surface area contributed by atoms with Crippen molar-refractivity contribution in [3.63, 3.8) is 0 Å². The number of aromatic nitrogens is 2. The molecule has 5 heteroatoms. The van der Waals surface area contributed by atoms with Gasteiger partial charge in [0.25, 0.3) is 5.69 Å². The van der Waals surface area contributed by atoms with E-state index < -0.39 is 0 Å². The van der Waals surface area contributed by atoms with Crippen LogP contribution in [0.25, 0.3) is 0 Å². The number of rotatable bonds is 5.